The molecule has 2 heterocycles. The van der Waals surface area contributed by atoms with Crippen molar-refractivity contribution in [3.8, 4) is 0 Å². The first-order valence-corrected chi connectivity index (χ1v) is 6.61. The Hall–Kier alpha value is -0.900. The normalized spacial score (nSPS) is 38.9. The van der Waals surface area contributed by atoms with E-state index in [0.29, 0.717) is 12.5 Å². The molecule has 0 saturated carbocycles. The molecule has 0 aromatic carbocycles. The highest BCUT2D eigenvalue weighted by Crippen LogP contribution is 2.27. The predicted molar refractivity (Wildman–Crippen MR) is 65.2 cm³/mol. The molecule has 0 radical (unpaired) electrons. The van der Waals surface area contributed by atoms with Crippen molar-refractivity contribution in [2.75, 3.05) is 13.1 Å². The van der Waals surface area contributed by atoms with Gasteiger partial charge in [0.05, 0.1) is 0 Å². The minimum absolute atomic E-state index is 0.00192. The van der Waals surface area contributed by atoms with Crippen molar-refractivity contribution >= 4 is 11.8 Å². The standard InChI is InChI=1S/C13H22N2O2/c1-8-5-4-6-14-11(8)7-15-12(16)9(2)10(3)13(15)17/h8-11,14H,4-7H2,1-3H3. The van der Waals surface area contributed by atoms with Crippen LogP contribution in [0, 0.1) is 17.8 Å². The lowest BCUT2D eigenvalue weighted by Gasteiger charge is -2.32. The Bertz CT molecular complexity index is 309. The number of nitrogens with zero attached hydrogens (tertiary/aromatic N) is 1. The van der Waals surface area contributed by atoms with E-state index < -0.39 is 0 Å². The van der Waals surface area contributed by atoms with Gasteiger partial charge in [0.1, 0.15) is 0 Å². The molecular weight excluding hydrogens is 216 g/mol. The Kier molecular flexibility index (Phi) is 3.52. The fourth-order valence-corrected chi connectivity index (χ4v) is 2.76. The Morgan fingerprint density at radius 2 is 1.76 bits per heavy atom. The largest absolute Gasteiger partial charge is 0.312 e. The average Bonchev–Trinajstić information content (AvgIpc) is 2.50. The summed E-state index contributed by atoms with van der Waals surface area (Å²) >= 11 is 0. The number of amides is 2. The van der Waals surface area contributed by atoms with Crippen LogP contribution in [-0.2, 0) is 9.59 Å². The lowest BCUT2D eigenvalue weighted by atomic mass is 9.92. The van der Waals surface area contributed by atoms with Crippen molar-refractivity contribution in [3.63, 3.8) is 0 Å². The number of carbonyl (C=O) groups excluding carboxylic acids is 2. The third kappa shape index (κ3) is 2.23. The number of hydrogen-bond acceptors (Lipinski definition) is 3. The van der Waals surface area contributed by atoms with Gasteiger partial charge in [-0.3, -0.25) is 14.5 Å². The van der Waals surface area contributed by atoms with Gasteiger partial charge in [0, 0.05) is 24.4 Å². The third-order valence-corrected chi connectivity index (χ3v) is 4.37. The second-order valence-electron chi connectivity index (χ2n) is 5.54. The summed E-state index contributed by atoms with van der Waals surface area (Å²) in [5.74, 6) is 0.238. The average molecular weight is 238 g/mol. The molecule has 0 aromatic rings. The van der Waals surface area contributed by atoms with Crippen molar-refractivity contribution in [3.05, 3.63) is 0 Å². The van der Waals surface area contributed by atoms with Crippen molar-refractivity contribution < 1.29 is 9.59 Å². The van der Waals surface area contributed by atoms with Crippen LogP contribution in [0.25, 0.3) is 0 Å². The van der Waals surface area contributed by atoms with Crippen molar-refractivity contribution in [1.29, 1.82) is 0 Å². The molecule has 2 aliphatic rings. The lowest BCUT2D eigenvalue weighted by molar-refractivity contribution is -0.140. The topological polar surface area (TPSA) is 49.4 Å². The molecule has 17 heavy (non-hydrogen) atoms. The van der Waals surface area contributed by atoms with E-state index in [-0.39, 0.29) is 29.7 Å². The smallest absolute Gasteiger partial charge is 0.232 e. The van der Waals surface area contributed by atoms with Crippen molar-refractivity contribution in [2.24, 2.45) is 17.8 Å². The van der Waals surface area contributed by atoms with Gasteiger partial charge in [-0.2, -0.15) is 0 Å². The first-order valence-electron chi connectivity index (χ1n) is 6.61. The second kappa shape index (κ2) is 4.77. The number of rotatable bonds is 2. The number of likely N-dealkylation sites (tertiary alicyclic amines) is 1. The molecule has 4 heteroatoms. The van der Waals surface area contributed by atoms with Crippen LogP contribution in [0.2, 0.25) is 0 Å². The highest BCUT2D eigenvalue weighted by atomic mass is 16.2. The van der Waals surface area contributed by atoms with Gasteiger partial charge in [-0.15, -0.1) is 0 Å². The maximum absolute atomic E-state index is 12.0. The highest BCUT2D eigenvalue weighted by molar-refractivity contribution is 6.04. The van der Waals surface area contributed by atoms with Crippen LogP contribution in [0.4, 0.5) is 0 Å². The maximum Gasteiger partial charge on any atom is 0.232 e. The fraction of sp³-hybridized carbons (Fsp3) is 0.846. The predicted octanol–water partition coefficient (Wildman–Crippen LogP) is 1.02. The van der Waals surface area contributed by atoms with E-state index in [4.69, 9.17) is 0 Å². The summed E-state index contributed by atoms with van der Waals surface area (Å²) in [7, 11) is 0. The van der Waals surface area contributed by atoms with Gasteiger partial charge in [0.15, 0.2) is 0 Å². The van der Waals surface area contributed by atoms with E-state index in [0.717, 1.165) is 6.54 Å². The van der Waals surface area contributed by atoms with E-state index in [9.17, 15) is 9.59 Å². The molecule has 4 nitrogen and oxygen atoms in total. The molecule has 2 aliphatic heterocycles. The Balaban J connectivity index is 2.03. The summed E-state index contributed by atoms with van der Waals surface area (Å²) in [5.41, 5.74) is 0. The third-order valence-electron chi connectivity index (χ3n) is 4.37. The fourth-order valence-electron chi connectivity index (χ4n) is 2.76. The summed E-state index contributed by atoms with van der Waals surface area (Å²) in [6.45, 7) is 7.43. The minimum Gasteiger partial charge on any atom is -0.312 e. The molecule has 2 fully saturated rings. The Morgan fingerprint density at radius 1 is 1.18 bits per heavy atom. The van der Waals surface area contributed by atoms with Crippen LogP contribution in [0.3, 0.4) is 0 Å². The molecule has 96 valence electrons. The molecule has 4 atom stereocenters. The van der Waals surface area contributed by atoms with Crippen LogP contribution >= 0.6 is 0 Å². The maximum atomic E-state index is 12.0. The SMILES string of the molecule is CC1CCCNC1CN1C(=O)C(C)C(C)C1=O. The molecule has 0 bridgehead atoms. The number of imide groups is 1. The summed E-state index contributed by atoms with van der Waals surface area (Å²) in [6.07, 6.45) is 2.37. The number of piperidine rings is 1. The van der Waals surface area contributed by atoms with Crippen LogP contribution < -0.4 is 5.32 Å². The number of hydrogen-bond donors (Lipinski definition) is 1. The first kappa shape index (κ1) is 12.6. The van der Waals surface area contributed by atoms with Gasteiger partial charge in [0.2, 0.25) is 11.8 Å². The highest BCUT2D eigenvalue weighted by Gasteiger charge is 2.43. The molecule has 0 aliphatic carbocycles. The van der Waals surface area contributed by atoms with Crippen LogP contribution in [0.5, 0.6) is 0 Å². The van der Waals surface area contributed by atoms with Crippen molar-refractivity contribution in [1.82, 2.24) is 10.2 Å². The Labute approximate surface area is 103 Å². The van der Waals surface area contributed by atoms with E-state index in [1.807, 2.05) is 13.8 Å². The molecular formula is C13H22N2O2. The van der Waals surface area contributed by atoms with Gasteiger partial charge >= 0.3 is 0 Å². The lowest BCUT2D eigenvalue weighted by Crippen LogP contribution is -2.49. The zero-order valence-electron chi connectivity index (χ0n) is 10.9. The second-order valence-corrected chi connectivity index (χ2v) is 5.54. The van der Waals surface area contributed by atoms with E-state index in [1.165, 1.54) is 17.7 Å². The summed E-state index contributed by atoms with van der Waals surface area (Å²) in [4.78, 5) is 25.4. The molecule has 2 saturated heterocycles. The molecule has 2 rings (SSSR count). The molecule has 4 unspecified atom stereocenters. The quantitative estimate of drug-likeness (QED) is 0.731. The van der Waals surface area contributed by atoms with Gasteiger partial charge in [0.25, 0.3) is 0 Å². The molecule has 2 amide bonds. The van der Waals surface area contributed by atoms with E-state index in [1.54, 1.807) is 0 Å². The van der Waals surface area contributed by atoms with Gasteiger partial charge in [-0.1, -0.05) is 20.8 Å². The summed E-state index contributed by atoms with van der Waals surface area (Å²) in [5, 5.41) is 3.42. The number of carbonyl (C=O) groups is 2. The zero-order valence-corrected chi connectivity index (χ0v) is 10.9. The van der Waals surface area contributed by atoms with Gasteiger partial charge in [-0.25, -0.2) is 0 Å². The zero-order chi connectivity index (χ0) is 12.6. The minimum atomic E-state index is -0.151. The van der Waals surface area contributed by atoms with Crippen LogP contribution in [0.1, 0.15) is 33.6 Å². The van der Waals surface area contributed by atoms with Gasteiger partial charge < -0.3 is 5.32 Å². The molecule has 1 N–H and O–H groups in total. The van der Waals surface area contributed by atoms with Gasteiger partial charge in [-0.05, 0) is 25.3 Å². The first-order chi connectivity index (χ1) is 8.02. The number of nitrogens with one attached hydrogen (secondary N) is 1. The van der Waals surface area contributed by atoms with E-state index in [2.05, 4.69) is 12.2 Å². The van der Waals surface area contributed by atoms with Crippen LogP contribution in [0.15, 0.2) is 0 Å². The van der Waals surface area contributed by atoms with Crippen LogP contribution in [-0.4, -0.2) is 35.8 Å². The van der Waals surface area contributed by atoms with E-state index >= 15 is 0 Å². The monoisotopic (exact) mass is 238 g/mol. The molecule has 0 spiro atoms. The summed E-state index contributed by atoms with van der Waals surface area (Å²) in [6, 6.07) is 0.272. The Morgan fingerprint density at radius 3 is 2.29 bits per heavy atom. The van der Waals surface area contributed by atoms with Crippen molar-refractivity contribution in [2.45, 2.75) is 39.7 Å². The molecule has 0 aromatic heterocycles. The summed E-state index contributed by atoms with van der Waals surface area (Å²) < 4.78 is 0.